The van der Waals surface area contributed by atoms with Crippen LogP contribution in [-0.2, 0) is 19.8 Å². The lowest BCUT2D eigenvalue weighted by Crippen LogP contribution is -2.27. The molecule has 1 aromatic carbocycles. The van der Waals surface area contributed by atoms with Crippen LogP contribution in [0.3, 0.4) is 0 Å². The van der Waals surface area contributed by atoms with Gasteiger partial charge in [0, 0.05) is 19.6 Å². The highest BCUT2D eigenvalue weighted by atomic mass is 19.4. The average molecular weight is 327 g/mol. The molecule has 6 nitrogen and oxygen atoms in total. The third-order valence-corrected chi connectivity index (χ3v) is 4.06. The number of β-amino-alcohol motifs (C(OH)–C–C–N with tert-alkyl or cyclic N) is 1. The van der Waals surface area contributed by atoms with Crippen molar-refractivity contribution in [2.45, 2.75) is 31.3 Å². The van der Waals surface area contributed by atoms with Crippen molar-refractivity contribution < 1.29 is 18.3 Å². The highest BCUT2D eigenvalue weighted by Crippen LogP contribution is 2.40. The van der Waals surface area contributed by atoms with E-state index in [1.807, 2.05) is 0 Å². The molecule has 124 valence electrons. The van der Waals surface area contributed by atoms with E-state index >= 15 is 0 Å². The molecule has 1 fully saturated rings. The summed E-state index contributed by atoms with van der Waals surface area (Å²) in [6.45, 7) is 0.557. The Morgan fingerprint density at radius 3 is 2.70 bits per heavy atom. The smallest absolute Gasteiger partial charge is 0.392 e. The molecule has 0 aliphatic carbocycles. The Morgan fingerprint density at radius 2 is 2.04 bits per heavy atom. The lowest BCUT2D eigenvalue weighted by Gasteiger charge is -2.26. The number of likely N-dealkylation sites (tertiary alicyclic amines) is 1. The summed E-state index contributed by atoms with van der Waals surface area (Å²) in [6, 6.07) is 4.96. The van der Waals surface area contributed by atoms with Gasteiger partial charge in [-0.2, -0.15) is 13.2 Å². The molecule has 2 aromatic rings. The van der Waals surface area contributed by atoms with Crippen LogP contribution in [0.5, 0.6) is 0 Å². The predicted molar refractivity (Wildman–Crippen MR) is 74.0 cm³/mol. The van der Waals surface area contributed by atoms with E-state index in [1.165, 1.54) is 16.8 Å². The van der Waals surface area contributed by atoms with Crippen molar-refractivity contribution >= 4 is 0 Å². The van der Waals surface area contributed by atoms with Crippen LogP contribution in [0.1, 0.15) is 29.4 Å². The highest BCUT2D eigenvalue weighted by Gasteiger charge is 2.40. The third-order valence-electron chi connectivity index (χ3n) is 4.06. The second-order valence-corrected chi connectivity index (χ2v) is 5.64. The molecule has 0 bridgehead atoms. The molecule has 0 radical (unpaired) electrons. The van der Waals surface area contributed by atoms with Crippen LogP contribution < -0.4 is 0 Å². The van der Waals surface area contributed by atoms with Crippen molar-refractivity contribution in [1.29, 1.82) is 0 Å². The van der Waals surface area contributed by atoms with Crippen molar-refractivity contribution in [3.8, 4) is 0 Å². The van der Waals surface area contributed by atoms with Gasteiger partial charge in [-0.3, -0.25) is 4.90 Å². The summed E-state index contributed by atoms with van der Waals surface area (Å²) in [5.41, 5.74) is -0.494. The molecule has 3 rings (SSSR count). The Morgan fingerprint density at radius 1 is 1.30 bits per heavy atom. The molecule has 2 atom stereocenters. The van der Waals surface area contributed by atoms with Gasteiger partial charge in [0.15, 0.2) is 5.82 Å². The average Bonchev–Trinajstić information content (AvgIpc) is 3.05. The van der Waals surface area contributed by atoms with Gasteiger partial charge in [-0.25, -0.2) is 4.68 Å². The van der Waals surface area contributed by atoms with Crippen LogP contribution in [0.2, 0.25) is 0 Å². The molecule has 1 saturated heterocycles. The monoisotopic (exact) mass is 327 g/mol. The summed E-state index contributed by atoms with van der Waals surface area (Å²) in [4.78, 5) is 1.78. The zero-order valence-corrected chi connectivity index (χ0v) is 12.4. The number of aliphatic hydroxyl groups is 1. The minimum atomic E-state index is -4.43. The van der Waals surface area contributed by atoms with Crippen molar-refractivity contribution in [2.75, 3.05) is 6.54 Å². The first-order chi connectivity index (χ1) is 10.9. The number of hydrogen-bond acceptors (Lipinski definition) is 5. The van der Waals surface area contributed by atoms with E-state index < -0.39 is 23.9 Å². The minimum Gasteiger partial charge on any atom is -0.392 e. The molecular formula is C14H16F3N5O. The minimum absolute atomic E-state index is 0.173. The first-order valence-electron chi connectivity index (χ1n) is 7.15. The number of alkyl halides is 3. The second kappa shape index (κ2) is 5.89. The van der Waals surface area contributed by atoms with Gasteiger partial charge in [0.05, 0.1) is 18.2 Å². The number of aryl methyl sites for hydroxylation is 1. The number of aliphatic hydroxyl groups excluding tert-OH is 1. The van der Waals surface area contributed by atoms with E-state index in [0.717, 1.165) is 6.07 Å². The molecular weight excluding hydrogens is 311 g/mol. The molecule has 23 heavy (non-hydrogen) atoms. The van der Waals surface area contributed by atoms with Crippen molar-refractivity contribution in [1.82, 2.24) is 25.1 Å². The fourth-order valence-electron chi connectivity index (χ4n) is 2.99. The summed E-state index contributed by atoms with van der Waals surface area (Å²) in [5.74, 6) is 0.536. The number of aromatic nitrogens is 4. The van der Waals surface area contributed by atoms with Crippen molar-refractivity contribution in [3.05, 3.63) is 41.2 Å². The second-order valence-electron chi connectivity index (χ2n) is 5.64. The molecule has 0 saturated carbocycles. The maximum atomic E-state index is 13.2. The number of nitrogens with zero attached hydrogens (tertiary/aromatic N) is 5. The zero-order chi connectivity index (χ0) is 16.6. The van der Waals surface area contributed by atoms with Crippen LogP contribution in [-0.4, -0.2) is 42.9 Å². The summed E-state index contributed by atoms with van der Waals surface area (Å²) >= 11 is 0. The maximum absolute atomic E-state index is 13.2. The van der Waals surface area contributed by atoms with Gasteiger partial charge in [-0.05, 0) is 28.5 Å². The number of hydrogen-bond donors (Lipinski definition) is 1. The van der Waals surface area contributed by atoms with Gasteiger partial charge in [-0.1, -0.05) is 18.2 Å². The van der Waals surface area contributed by atoms with Crippen LogP contribution in [0.4, 0.5) is 13.2 Å². The summed E-state index contributed by atoms with van der Waals surface area (Å²) < 4.78 is 41.2. The van der Waals surface area contributed by atoms with Gasteiger partial charge in [-0.15, -0.1) is 5.10 Å². The summed E-state index contributed by atoms with van der Waals surface area (Å²) in [6.07, 6.45) is -4.86. The number of halogens is 3. The molecule has 0 spiro atoms. The normalized spacial score (nSPS) is 22.7. The topological polar surface area (TPSA) is 67.1 Å². The molecule has 1 aromatic heterocycles. The number of tetrazole rings is 1. The van der Waals surface area contributed by atoms with Gasteiger partial charge >= 0.3 is 6.18 Å². The standard InChI is InChI=1S/C14H16F3N5O/c1-21-13(18-19-20-21)8-22-7-9(23)6-12(22)10-4-2-3-5-11(10)14(15,16)17/h2-5,9,12,23H,6-8H2,1H3/t9-,12+/m0/s1. The van der Waals surface area contributed by atoms with Crippen molar-refractivity contribution in [2.24, 2.45) is 7.05 Å². The highest BCUT2D eigenvalue weighted by molar-refractivity contribution is 5.33. The Hall–Kier alpha value is -2.00. The van der Waals surface area contributed by atoms with E-state index in [1.54, 1.807) is 18.0 Å². The Balaban J connectivity index is 1.93. The van der Waals surface area contributed by atoms with Gasteiger partial charge < -0.3 is 5.11 Å². The molecule has 0 unspecified atom stereocenters. The maximum Gasteiger partial charge on any atom is 0.416 e. The quantitative estimate of drug-likeness (QED) is 0.926. The predicted octanol–water partition coefficient (Wildman–Crippen LogP) is 1.54. The van der Waals surface area contributed by atoms with Gasteiger partial charge in [0.25, 0.3) is 0 Å². The van der Waals surface area contributed by atoms with E-state index in [4.69, 9.17) is 0 Å². The first-order valence-corrected chi connectivity index (χ1v) is 7.15. The Kier molecular flexibility index (Phi) is 4.07. The Labute approximate surface area is 130 Å². The van der Waals surface area contributed by atoms with Crippen LogP contribution in [0, 0.1) is 0 Å². The Bertz CT molecular complexity index is 687. The van der Waals surface area contributed by atoms with E-state index in [9.17, 15) is 18.3 Å². The van der Waals surface area contributed by atoms with Gasteiger partial charge in [0.2, 0.25) is 0 Å². The lowest BCUT2D eigenvalue weighted by atomic mass is 9.97. The SMILES string of the molecule is Cn1nnnc1CN1C[C@@H](O)C[C@@H]1c1ccccc1C(F)(F)F. The fourth-order valence-corrected chi connectivity index (χ4v) is 2.99. The van der Waals surface area contributed by atoms with E-state index in [-0.39, 0.29) is 25.1 Å². The first kappa shape index (κ1) is 15.9. The lowest BCUT2D eigenvalue weighted by molar-refractivity contribution is -0.138. The van der Waals surface area contributed by atoms with E-state index in [0.29, 0.717) is 5.82 Å². The van der Waals surface area contributed by atoms with Crippen molar-refractivity contribution in [3.63, 3.8) is 0 Å². The number of benzene rings is 1. The molecule has 0 amide bonds. The van der Waals surface area contributed by atoms with Crippen LogP contribution in [0.15, 0.2) is 24.3 Å². The fraction of sp³-hybridized carbons (Fsp3) is 0.500. The largest absolute Gasteiger partial charge is 0.416 e. The summed E-state index contributed by atoms with van der Waals surface area (Å²) in [5, 5.41) is 21.1. The van der Waals surface area contributed by atoms with Gasteiger partial charge in [0.1, 0.15) is 0 Å². The third kappa shape index (κ3) is 3.20. The number of rotatable bonds is 3. The molecule has 1 aliphatic heterocycles. The van der Waals surface area contributed by atoms with Crippen LogP contribution >= 0.6 is 0 Å². The summed E-state index contributed by atoms with van der Waals surface area (Å²) in [7, 11) is 1.67. The molecule has 1 N–H and O–H groups in total. The molecule has 2 heterocycles. The van der Waals surface area contributed by atoms with Crippen LogP contribution in [0.25, 0.3) is 0 Å². The molecule has 1 aliphatic rings. The van der Waals surface area contributed by atoms with E-state index in [2.05, 4.69) is 15.5 Å². The molecule has 9 heteroatoms. The zero-order valence-electron chi connectivity index (χ0n) is 12.4.